The van der Waals surface area contributed by atoms with Crippen LogP contribution in [0.2, 0.25) is 0 Å². The van der Waals surface area contributed by atoms with Gasteiger partial charge >= 0.3 is 5.97 Å². The molecule has 1 aromatic heterocycles. The minimum Gasteiger partial charge on any atom is -0.478 e. The van der Waals surface area contributed by atoms with Crippen LogP contribution in [0.5, 0.6) is 11.5 Å². The number of hydrogen-bond acceptors (Lipinski definition) is 5. The summed E-state index contributed by atoms with van der Waals surface area (Å²) < 4.78 is 10.8. The summed E-state index contributed by atoms with van der Waals surface area (Å²) in [5.74, 6) is 0.173. The van der Waals surface area contributed by atoms with E-state index in [1.54, 1.807) is 11.8 Å². The van der Waals surface area contributed by atoms with Gasteiger partial charge < -0.3 is 19.5 Å². The Hall–Kier alpha value is -3.09. The molecule has 1 unspecified atom stereocenters. The minimum absolute atomic E-state index is 0.0572. The first-order chi connectivity index (χ1) is 12.5. The molecule has 1 aromatic carbocycles. The minimum atomic E-state index is -1.05. The van der Waals surface area contributed by atoms with Gasteiger partial charge in [0.1, 0.15) is 5.69 Å². The Bertz CT molecular complexity index is 895. The van der Waals surface area contributed by atoms with Gasteiger partial charge in [0.25, 0.3) is 5.91 Å². The van der Waals surface area contributed by atoms with Crippen molar-refractivity contribution in [2.24, 2.45) is 0 Å². The summed E-state index contributed by atoms with van der Waals surface area (Å²) in [6, 6.07) is 8.60. The van der Waals surface area contributed by atoms with Crippen molar-refractivity contribution in [3.05, 3.63) is 52.8 Å². The van der Waals surface area contributed by atoms with Crippen LogP contribution in [-0.2, 0) is 0 Å². The van der Waals surface area contributed by atoms with E-state index in [9.17, 15) is 9.59 Å². The van der Waals surface area contributed by atoms with Crippen molar-refractivity contribution >= 4 is 11.9 Å². The van der Waals surface area contributed by atoms with Gasteiger partial charge in [0, 0.05) is 6.54 Å². The van der Waals surface area contributed by atoms with E-state index < -0.39 is 5.97 Å². The van der Waals surface area contributed by atoms with Crippen LogP contribution in [0.3, 0.4) is 0 Å². The van der Waals surface area contributed by atoms with Crippen LogP contribution in [0.1, 0.15) is 51.0 Å². The van der Waals surface area contributed by atoms with Gasteiger partial charge in [-0.2, -0.15) is 0 Å². The second-order valence-corrected chi connectivity index (χ2v) is 6.40. The van der Waals surface area contributed by atoms with Crippen molar-refractivity contribution in [3.63, 3.8) is 0 Å². The number of aromatic carboxylic acids is 1. The number of carbonyl (C=O) groups excluding carboxylic acids is 1. The molecule has 1 saturated heterocycles. The zero-order valence-corrected chi connectivity index (χ0v) is 14.3. The molecule has 3 heterocycles. The van der Waals surface area contributed by atoms with Crippen molar-refractivity contribution in [1.82, 2.24) is 9.88 Å². The number of fused-ring (bicyclic) bond motifs is 1. The number of ether oxygens (including phenoxy) is 2. The molecule has 0 spiro atoms. The molecule has 2 aliphatic rings. The SMILES string of the molecule is Cc1nc(C(=O)N2CCCC2c2ccc3c(c2)OCO3)ccc1C(=O)O. The van der Waals surface area contributed by atoms with Gasteiger partial charge in [-0.3, -0.25) is 4.79 Å². The Labute approximate surface area is 150 Å². The number of aromatic nitrogens is 1. The first-order valence-corrected chi connectivity index (χ1v) is 8.46. The number of likely N-dealkylation sites (tertiary alicyclic amines) is 1. The number of nitrogens with zero attached hydrogens (tertiary/aromatic N) is 2. The molecule has 1 fully saturated rings. The summed E-state index contributed by atoms with van der Waals surface area (Å²) >= 11 is 0. The van der Waals surface area contributed by atoms with Crippen LogP contribution in [0.15, 0.2) is 30.3 Å². The Morgan fingerprint density at radius 2 is 2.00 bits per heavy atom. The highest BCUT2D eigenvalue weighted by Crippen LogP contribution is 2.39. The van der Waals surface area contributed by atoms with Crippen molar-refractivity contribution in [3.8, 4) is 11.5 Å². The largest absolute Gasteiger partial charge is 0.478 e. The van der Waals surface area contributed by atoms with Gasteiger partial charge in [-0.25, -0.2) is 9.78 Å². The van der Waals surface area contributed by atoms with Crippen LogP contribution in [-0.4, -0.2) is 40.2 Å². The van der Waals surface area contributed by atoms with Crippen LogP contribution >= 0.6 is 0 Å². The monoisotopic (exact) mass is 354 g/mol. The van der Waals surface area contributed by atoms with E-state index in [4.69, 9.17) is 14.6 Å². The maximum Gasteiger partial charge on any atom is 0.337 e. The van der Waals surface area contributed by atoms with E-state index in [2.05, 4.69) is 4.98 Å². The number of rotatable bonds is 3. The molecular weight excluding hydrogens is 336 g/mol. The predicted molar refractivity (Wildman–Crippen MR) is 91.5 cm³/mol. The molecule has 2 aliphatic heterocycles. The second kappa shape index (κ2) is 6.33. The molecule has 7 nitrogen and oxygen atoms in total. The lowest BCUT2D eigenvalue weighted by Gasteiger charge is -2.25. The molecule has 2 aromatic rings. The Kier molecular flexibility index (Phi) is 3.99. The molecule has 1 N–H and O–H groups in total. The summed E-state index contributed by atoms with van der Waals surface area (Å²) in [7, 11) is 0. The lowest BCUT2D eigenvalue weighted by Crippen LogP contribution is -2.31. The lowest BCUT2D eigenvalue weighted by molar-refractivity contribution is 0.0689. The van der Waals surface area contributed by atoms with Crippen molar-refractivity contribution in [1.29, 1.82) is 0 Å². The Balaban J connectivity index is 1.61. The fourth-order valence-electron chi connectivity index (χ4n) is 3.53. The number of hydrogen-bond donors (Lipinski definition) is 1. The molecule has 7 heteroatoms. The van der Waals surface area contributed by atoms with Gasteiger partial charge in [0.2, 0.25) is 6.79 Å². The van der Waals surface area contributed by atoms with Gasteiger partial charge in [0.05, 0.1) is 17.3 Å². The smallest absolute Gasteiger partial charge is 0.337 e. The highest BCUT2D eigenvalue weighted by molar-refractivity contribution is 5.94. The van der Waals surface area contributed by atoms with Gasteiger partial charge in [-0.1, -0.05) is 6.07 Å². The number of carboxylic acids is 1. The highest BCUT2D eigenvalue weighted by Gasteiger charge is 2.32. The van der Waals surface area contributed by atoms with E-state index >= 15 is 0 Å². The average Bonchev–Trinajstić information content (AvgIpc) is 3.29. The number of aryl methyl sites for hydroxylation is 1. The van der Waals surface area contributed by atoms with Crippen molar-refractivity contribution in [2.75, 3.05) is 13.3 Å². The van der Waals surface area contributed by atoms with Gasteiger partial charge in [-0.15, -0.1) is 0 Å². The molecule has 0 aliphatic carbocycles. The number of amides is 1. The van der Waals surface area contributed by atoms with Crippen LogP contribution in [0, 0.1) is 6.92 Å². The second-order valence-electron chi connectivity index (χ2n) is 6.40. The highest BCUT2D eigenvalue weighted by atomic mass is 16.7. The first kappa shape index (κ1) is 16.4. The normalized spacial score (nSPS) is 18.2. The number of benzene rings is 1. The summed E-state index contributed by atoms with van der Waals surface area (Å²) in [5.41, 5.74) is 1.71. The average molecular weight is 354 g/mol. The van der Waals surface area contributed by atoms with Crippen molar-refractivity contribution < 1.29 is 24.2 Å². The molecule has 26 heavy (non-hydrogen) atoms. The van der Waals surface area contributed by atoms with E-state index in [1.165, 1.54) is 12.1 Å². The van der Waals surface area contributed by atoms with Gasteiger partial charge in [0.15, 0.2) is 11.5 Å². The zero-order valence-electron chi connectivity index (χ0n) is 14.3. The topological polar surface area (TPSA) is 89.0 Å². The summed E-state index contributed by atoms with van der Waals surface area (Å²) in [6.45, 7) is 2.45. The molecule has 1 atom stereocenters. The molecule has 134 valence electrons. The van der Waals surface area contributed by atoms with E-state index in [0.717, 1.165) is 18.4 Å². The Morgan fingerprint density at radius 1 is 1.19 bits per heavy atom. The molecule has 1 amide bonds. The number of pyridine rings is 1. The predicted octanol–water partition coefficient (Wildman–Crippen LogP) is 2.79. The summed E-state index contributed by atoms with van der Waals surface area (Å²) in [4.78, 5) is 30.1. The fourth-order valence-corrected chi connectivity index (χ4v) is 3.53. The standard InChI is InChI=1S/C19H18N2O5/c1-11-13(19(23)24)5-6-14(20-11)18(22)21-8-2-3-15(21)12-4-7-16-17(9-12)26-10-25-16/h4-7,9,15H,2-3,8,10H2,1H3,(H,23,24). The van der Waals surface area contributed by atoms with E-state index in [-0.39, 0.29) is 30.0 Å². The maximum absolute atomic E-state index is 13.0. The molecule has 0 radical (unpaired) electrons. The molecule has 4 rings (SSSR count). The maximum atomic E-state index is 13.0. The zero-order chi connectivity index (χ0) is 18.3. The third-order valence-corrected chi connectivity index (χ3v) is 4.83. The molecular formula is C19H18N2O5. The van der Waals surface area contributed by atoms with Gasteiger partial charge in [-0.05, 0) is 49.6 Å². The third kappa shape index (κ3) is 2.75. The Morgan fingerprint density at radius 3 is 2.77 bits per heavy atom. The van der Waals surface area contributed by atoms with E-state index in [1.807, 2.05) is 18.2 Å². The molecule has 0 bridgehead atoms. The van der Waals surface area contributed by atoms with E-state index in [0.29, 0.717) is 23.7 Å². The van der Waals surface area contributed by atoms with Crippen molar-refractivity contribution in [2.45, 2.75) is 25.8 Å². The number of carboxylic acid groups (broad SMARTS) is 1. The lowest BCUT2D eigenvalue weighted by atomic mass is 10.0. The van der Waals surface area contributed by atoms with Crippen LogP contribution in [0.25, 0.3) is 0 Å². The fraction of sp³-hybridized carbons (Fsp3) is 0.316. The number of carbonyl (C=O) groups is 2. The molecule has 0 saturated carbocycles. The summed E-state index contributed by atoms with van der Waals surface area (Å²) in [6.07, 6.45) is 1.76. The van der Waals surface area contributed by atoms with Crippen LogP contribution < -0.4 is 9.47 Å². The quantitative estimate of drug-likeness (QED) is 0.912. The third-order valence-electron chi connectivity index (χ3n) is 4.83. The van der Waals surface area contributed by atoms with Crippen LogP contribution in [0.4, 0.5) is 0 Å². The summed E-state index contributed by atoms with van der Waals surface area (Å²) in [5, 5.41) is 9.12. The first-order valence-electron chi connectivity index (χ1n) is 8.46.